The highest BCUT2D eigenvalue weighted by Gasteiger charge is 2.28. The number of nitrogens with zero attached hydrogens (tertiary/aromatic N) is 2. The predicted molar refractivity (Wildman–Crippen MR) is 73.3 cm³/mol. The fourth-order valence-electron chi connectivity index (χ4n) is 2.35. The van der Waals surface area contributed by atoms with Gasteiger partial charge in [-0.25, -0.2) is 4.79 Å². The Hall–Kier alpha value is -1.79. The fraction of sp³-hybridized carbons (Fsp3) is 0.769. The summed E-state index contributed by atoms with van der Waals surface area (Å²) in [5, 5.41) is 11.3. The first-order valence-corrected chi connectivity index (χ1v) is 6.92. The number of hydrogen-bond acceptors (Lipinski definition) is 3. The van der Waals surface area contributed by atoms with Crippen LogP contribution in [0.25, 0.3) is 0 Å². The molecule has 1 heterocycles. The van der Waals surface area contributed by atoms with E-state index in [9.17, 15) is 14.4 Å². The van der Waals surface area contributed by atoms with Gasteiger partial charge in [0.15, 0.2) is 0 Å². The maximum atomic E-state index is 12.1. The minimum Gasteiger partial charge on any atom is -0.481 e. The van der Waals surface area contributed by atoms with Gasteiger partial charge in [0.2, 0.25) is 5.91 Å². The van der Waals surface area contributed by atoms with Crippen molar-refractivity contribution >= 4 is 17.9 Å². The third-order valence-electron chi connectivity index (χ3n) is 3.40. The summed E-state index contributed by atoms with van der Waals surface area (Å²) in [5.41, 5.74) is 0. The highest BCUT2D eigenvalue weighted by atomic mass is 16.4. The Morgan fingerprint density at radius 1 is 1.40 bits per heavy atom. The average molecular weight is 285 g/mol. The lowest BCUT2D eigenvalue weighted by molar-refractivity contribution is -0.137. The first kappa shape index (κ1) is 16.3. The van der Waals surface area contributed by atoms with E-state index in [0.717, 1.165) is 6.42 Å². The summed E-state index contributed by atoms with van der Waals surface area (Å²) >= 11 is 0. The van der Waals surface area contributed by atoms with Crippen LogP contribution in [0.5, 0.6) is 0 Å². The summed E-state index contributed by atoms with van der Waals surface area (Å²) in [5.74, 6) is -0.735. The van der Waals surface area contributed by atoms with Gasteiger partial charge in [0.1, 0.15) is 6.54 Å². The van der Waals surface area contributed by atoms with E-state index in [0.29, 0.717) is 26.1 Å². The second kappa shape index (κ2) is 7.72. The molecule has 7 nitrogen and oxygen atoms in total. The standard InChI is InChI=1S/C13H23N3O4/c1-3-14-11(17)9-15(2)13(20)16-7-6-10(8-16)4-5-12(18)19/h10H,3-9H2,1-2H3,(H,14,17)(H,18,19). The van der Waals surface area contributed by atoms with Gasteiger partial charge < -0.3 is 20.2 Å². The van der Waals surface area contributed by atoms with Crippen LogP contribution < -0.4 is 5.32 Å². The number of likely N-dealkylation sites (N-methyl/N-ethyl adjacent to an activating group) is 2. The van der Waals surface area contributed by atoms with Crippen molar-refractivity contribution in [1.82, 2.24) is 15.1 Å². The molecular formula is C13H23N3O4. The number of carboxylic acid groups (broad SMARTS) is 1. The molecule has 20 heavy (non-hydrogen) atoms. The van der Waals surface area contributed by atoms with Crippen molar-refractivity contribution in [3.8, 4) is 0 Å². The molecule has 0 spiro atoms. The molecule has 1 rings (SSSR count). The molecule has 0 aromatic carbocycles. The Morgan fingerprint density at radius 2 is 2.10 bits per heavy atom. The Balaban J connectivity index is 2.37. The fourth-order valence-corrected chi connectivity index (χ4v) is 2.35. The largest absolute Gasteiger partial charge is 0.481 e. The zero-order chi connectivity index (χ0) is 15.1. The minimum atomic E-state index is -0.803. The first-order valence-electron chi connectivity index (χ1n) is 6.92. The van der Waals surface area contributed by atoms with Crippen LogP contribution in [0.15, 0.2) is 0 Å². The number of nitrogens with one attached hydrogen (secondary N) is 1. The lowest BCUT2D eigenvalue weighted by Gasteiger charge is -2.24. The Kier molecular flexibility index (Phi) is 6.27. The Bertz CT molecular complexity index is 373. The molecular weight excluding hydrogens is 262 g/mol. The van der Waals surface area contributed by atoms with Gasteiger partial charge in [0.05, 0.1) is 0 Å². The summed E-state index contributed by atoms with van der Waals surface area (Å²) < 4.78 is 0. The molecule has 7 heteroatoms. The normalized spacial score (nSPS) is 17.9. The topological polar surface area (TPSA) is 90.0 Å². The van der Waals surface area contributed by atoms with Crippen LogP contribution in [-0.4, -0.2) is 66.0 Å². The molecule has 114 valence electrons. The van der Waals surface area contributed by atoms with Crippen LogP contribution >= 0.6 is 0 Å². The molecule has 0 aliphatic carbocycles. The van der Waals surface area contributed by atoms with E-state index in [1.165, 1.54) is 4.90 Å². The Labute approximate surface area is 118 Å². The van der Waals surface area contributed by atoms with Crippen LogP contribution in [0.1, 0.15) is 26.2 Å². The number of carboxylic acids is 1. The summed E-state index contributed by atoms with van der Waals surface area (Å²) in [7, 11) is 1.60. The highest BCUT2D eigenvalue weighted by molar-refractivity contribution is 5.83. The molecule has 1 saturated heterocycles. The van der Waals surface area contributed by atoms with E-state index in [2.05, 4.69) is 5.32 Å². The van der Waals surface area contributed by atoms with E-state index in [1.807, 2.05) is 6.92 Å². The van der Waals surface area contributed by atoms with E-state index in [4.69, 9.17) is 5.11 Å². The van der Waals surface area contributed by atoms with Crippen molar-refractivity contribution in [3.63, 3.8) is 0 Å². The molecule has 0 aromatic heterocycles. The Morgan fingerprint density at radius 3 is 2.70 bits per heavy atom. The average Bonchev–Trinajstić information content (AvgIpc) is 2.84. The van der Waals surface area contributed by atoms with Gasteiger partial charge in [-0.15, -0.1) is 0 Å². The third-order valence-corrected chi connectivity index (χ3v) is 3.40. The summed E-state index contributed by atoms with van der Waals surface area (Å²) in [6.45, 7) is 3.62. The number of rotatable bonds is 6. The first-order chi connectivity index (χ1) is 9.43. The van der Waals surface area contributed by atoms with Gasteiger partial charge in [0, 0.05) is 33.1 Å². The number of hydrogen-bond donors (Lipinski definition) is 2. The van der Waals surface area contributed by atoms with Crippen molar-refractivity contribution in [2.24, 2.45) is 5.92 Å². The van der Waals surface area contributed by atoms with E-state index >= 15 is 0 Å². The van der Waals surface area contributed by atoms with Crippen LogP contribution in [0.4, 0.5) is 4.79 Å². The molecule has 1 atom stereocenters. The van der Waals surface area contributed by atoms with Crippen molar-refractivity contribution in [1.29, 1.82) is 0 Å². The lowest BCUT2D eigenvalue weighted by atomic mass is 10.0. The molecule has 1 aliphatic rings. The molecule has 1 aliphatic heterocycles. The van der Waals surface area contributed by atoms with Crippen LogP contribution in [-0.2, 0) is 9.59 Å². The number of aliphatic carboxylic acids is 1. The van der Waals surface area contributed by atoms with Crippen molar-refractivity contribution in [2.45, 2.75) is 26.2 Å². The molecule has 1 fully saturated rings. The molecule has 0 aromatic rings. The summed E-state index contributed by atoms with van der Waals surface area (Å²) in [6.07, 6.45) is 1.56. The van der Waals surface area contributed by atoms with Gasteiger partial charge in [0.25, 0.3) is 0 Å². The van der Waals surface area contributed by atoms with Crippen LogP contribution in [0.3, 0.4) is 0 Å². The molecule has 2 N–H and O–H groups in total. The van der Waals surface area contributed by atoms with E-state index in [-0.39, 0.29) is 30.8 Å². The van der Waals surface area contributed by atoms with Gasteiger partial charge in [-0.05, 0) is 25.7 Å². The van der Waals surface area contributed by atoms with E-state index in [1.54, 1.807) is 11.9 Å². The zero-order valence-corrected chi connectivity index (χ0v) is 12.1. The number of carbonyl (C=O) groups excluding carboxylic acids is 2. The summed E-state index contributed by atoms with van der Waals surface area (Å²) in [6, 6.07) is -0.172. The molecule has 3 amide bonds. The summed E-state index contributed by atoms with van der Waals surface area (Å²) in [4.78, 5) is 37.2. The monoisotopic (exact) mass is 285 g/mol. The van der Waals surface area contributed by atoms with Gasteiger partial charge in [-0.2, -0.15) is 0 Å². The maximum absolute atomic E-state index is 12.1. The third kappa shape index (κ3) is 5.07. The van der Waals surface area contributed by atoms with Crippen molar-refractivity contribution < 1.29 is 19.5 Å². The SMILES string of the molecule is CCNC(=O)CN(C)C(=O)N1CCC(CCC(=O)O)C1. The molecule has 1 unspecified atom stereocenters. The quantitative estimate of drug-likeness (QED) is 0.737. The van der Waals surface area contributed by atoms with Gasteiger partial charge in [-0.3, -0.25) is 9.59 Å². The van der Waals surface area contributed by atoms with E-state index < -0.39 is 5.97 Å². The molecule has 0 radical (unpaired) electrons. The molecule has 0 saturated carbocycles. The van der Waals surface area contributed by atoms with Crippen LogP contribution in [0.2, 0.25) is 0 Å². The molecule has 0 bridgehead atoms. The van der Waals surface area contributed by atoms with Gasteiger partial charge in [-0.1, -0.05) is 0 Å². The highest BCUT2D eigenvalue weighted by Crippen LogP contribution is 2.21. The van der Waals surface area contributed by atoms with Gasteiger partial charge >= 0.3 is 12.0 Å². The second-order valence-electron chi connectivity index (χ2n) is 5.13. The minimum absolute atomic E-state index is 0.0446. The van der Waals surface area contributed by atoms with Crippen molar-refractivity contribution in [2.75, 3.05) is 33.2 Å². The van der Waals surface area contributed by atoms with Crippen molar-refractivity contribution in [3.05, 3.63) is 0 Å². The number of amides is 3. The number of likely N-dealkylation sites (tertiary alicyclic amines) is 1. The predicted octanol–water partition coefficient (Wildman–Crippen LogP) is 0.361. The number of carbonyl (C=O) groups is 3. The second-order valence-corrected chi connectivity index (χ2v) is 5.13. The number of urea groups is 1. The smallest absolute Gasteiger partial charge is 0.320 e. The zero-order valence-electron chi connectivity index (χ0n) is 12.1. The lowest BCUT2D eigenvalue weighted by Crippen LogP contribution is -2.44. The van der Waals surface area contributed by atoms with Crippen LogP contribution in [0, 0.1) is 5.92 Å². The maximum Gasteiger partial charge on any atom is 0.320 e.